The molecular formula is C20H24ClNO. The Morgan fingerprint density at radius 2 is 1.52 bits per heavy atom. The number of carbonyl (C=O) groups excluding carboxylic acids is 1. The van der Waals surface area contributed by atoms with Gasteiger partial charge in [-0.15, -0.1) is 0 Å². The van der Waals surface area contributed by atoms with E-state index < -0.39 is 0 Å². The largest absolute Gasteiger partial charge is 0.352 e. The number of hydrogen-bond acceptors (Lipinski definition) is 1. The number of nitrogens with one attached hydrogen (secondary N) is 1. The Labute approximate surface area is 143 Å². The first kappa shape index (κ1) is 17.6. The van der Waals surface area contributed by atoms with Gasteiger partial charge in [-0.2, -0.15) is 0 Å². The SMILES string of the molecule is CC(C)Cc1ccc(C(C)C(=O)NCc2ccc(Cl)cc2)cc1. The van der Waals surface area contributed by atoms with Crippen LogP contribution in [0.15, 0.2) is 48.5 Å². The second-order valence-corrected chi connectivity index (χ2v) is 6.84. The van der Waals surface area contributed by atoms with Gasteiger partial charge in [0, 0.05) is 11.6 Å². The Morgan fingerprint density at radius 1 is 0.957 bits per heavy atom. The van der Waals surface area contributed by atoms with Crippen LogP contribution in [0, 0.1) is 5.92 Å². The van der Waals surface area contributed by atoms with Gasteiger partial charge < -0.3 is 5.32 Å². The van der Waals surface area contributed by atoms with Crippen molar-refractivity contribution in [2.75, 3.05) is 0 Å². The maximum absolute atomic E-state index is 12.3. The lowest BCUT2D eigenvalue weighted by atomic mass is 9.96. The highest BCUT2D eigenvalue weighted by Crippen LogP contribution is 2.18. The third-order valence-corrected chi connectivity index (χ3v) is 4.15. The summed E-state index contributed by atoms with van der Waals surface area (Å²) in [5, 5.41) is 3.69. The predicted molar refractivity (Wildman–Crippen MR) is 96.7 cm³/mol. The third-order valence-electron chi connectivity index (χ3n) is 3.90. The van der Waals surface area contributed by atoms with Crippen LogP contribution in [0.25, 0.3) is 0 Å². The van der Waals surface area contributed by atoms with Crippen molar-refractivity contribution in [3.8, 4) is 0 Å². The van der Waals surface area contributed by atoms with Gasteiger partial charge in [-0.05, 0) is 48.1 Å². The number of rotatable bonds is 6. The summed E-state index contributed by atoms with van der Waals surface area (Å²) in [7, 11) is 0. The fourth-order valence-electron chi connectivity index (χ4n) is 2.51. The van der Waals surface area contributed by atoms with E-state index in [1.54, 1.807) is 0 Å². The number of benzene rings is 2. The molecule has 0 aliphatic rings. The highest BCUT2D eigenvalue weighted by molar-refractivity contribution is 6.30. The first-order chi connectivity index (χ1) is 11.0. The Kier molecular flexibility index (Phi) is 6.23. The average molecular weight is 330 g/mol. The minimum atomic E-state index is -0.157. The van der Waals surface area contributed by atoms with Crippen molar-refractivity contribution in [1.29, 1.82) is 0 Å². The molecule has 1 amide bonds. The minimum absolute atomic E-state index is 0.0385. The van der Waals surface area contributed by atoms with Crippen LogP contribution in [0.5, 0.6) is 0 Å². The summed E-state index contributed by atoms with van der Waals surface area (Å²) < 4.78 is 0. The van der Waals surface area contributed by atoms with Crippen LogP contribution in [-0.2, 0) is 17.8 Å². The second kappa shape index (κ2) is 8.16. The smallest absolute Gasteiger partial charge is 0.227 e. The molecule has 0 aromatic heterocycles. The molecule has 2 aromatic rings. The highest BCUT2D eigenvalue weighted by Gasteiger charge is 2.14. The Balaban J connectivity index is 1.92. The summed E-state index contributed by atoms with van der Waals surface area (Å²) in [5.74, 6) is 0.521. The van der Waals surface area contributed by atoms with Crippen molar-refractivity contribution < 1.29 is 4.79 Å². The summed E-state index contributed by atoms with van der Waals surface area (Å²) in [4.78, 5) is 12.3. The number of amides is 1. The fraction of sp³-hybridized carbons (Fsp3) is 0.350. The van der Waals surface area contributed by atoms with E-state index in [4.69, 9.17) is 11.6 Å². The first-order valence-electron chi connectivity index (χ1n) is 8.06. The quantitative estimate of drug-likeness (QED) is 0.797. The summed E-state index contributed by atoms with van der Waals surface area (Å²) in [5.41, 5.74) is 3.41. The van der Waals surface area contributed by atoms with E-state index in [9.17, 15) is 4.79 Å². The first-order valence-corrected chi connectivity index (χ1v) is 8.44. The molecule has 122 valence electrons. The fourth-order valence-corrected chi connectivity index (χ4v) is 2.64. The van der Waals surface area contributed by atoms with E-state index in [2.05, 4.69) is 43.4 Å². The molecule has 0 fully saturated rings. The van der Waals surface area contributed by atoms with E-state index >= 15 is 0 Å². The summed E-state index contributed by atoms with van der Waals surface area (Å²) >= 11 is 5.86. The lowest BCUT2D eigenvalue weighted by molar-refractivity contribution is -0.122. The van der Waals surface area contributed by atoms with Crippen molar-refractivity contribution in [2.45, 2.75) is 39.7 Å². The summed E-state index contributed by atoms with van der Waals surface area (Å²) in [6.45, 7) is 6.88. The molecule has 0 radical (unpaired) electrons. The highest BCUT2D eigenvalue weighted by atomic mass is 35.5. The molecule has 23 heavy (non-hydrogen) atoms. The minimum Gasteiger partial charge on any atom is -0.352 e. The van der Waals surface area contributed by atoms with Crippen molar-refractivity contribution >= 4 is 17.5 Å². The lowest BCUT2D eigenvalue weighted by Gasteiger charge is -2.14. The Hall–Kier alpha value is -1.80. The van der Waals surface area contributed by atoms with Gasteiger partial charge in [0.15, 0.2) is 0 Å². The standard InChI is InChI=1S/C20H24ClNO/c1-14(2)12-16-4-8-18(9-5-16)15(3)20(23)22-13-17-6-10-19(21)11-7-17/h4-11,14-15H,12-13H2,1-3H3,(H,22,23). The molecule has 0 saturated heterocycles. The molecule has 1 unspecified atom stereocenters. The third kappa shape index (κ3) is 5.40. The van der Waals surface area contributed by atoms with E-state index in [1.165, 1.54) is 5.56 Å². The van der Waals surface area contributed by atoms with Gasteiger partial charge in [-0.1, -0.05) is 61.8 Å². The van der Waals surface area contributed by atoms with Gasteiger partial charge in [0.1, 0.15) is 0 Å². The van der Waals surface area contributed by atoms with Crippen LogP contribution in [0.1, 0.15) is 43.4 Å². The lowest BCUT2D eigenvalue weighted by Crippen LogP contribution is -2.27. The van der Waals surface area contributed by atoms with Crippen LogP contribution in [0.2, 0.25) is 5.02 Å². The molecule has 0 spiro atoms. The van der Waals surface area contributed by atoms with Gasteiger partial charge in [0.05, 0.1) is 5.92 Å². The number of carbonyl (C=O) groups is 1. The van der Waals surface area contributed by atoms with Gasteiger partial charge in [-0.3, -0.25) is 4.79 Å². The maximum Gasteiger partial charge on any atom is 0.227 e. The van der Waals surface area contributed by atoms with Crippen molar-refractivity contribution in [3.63, 3.8) is 0 Å². The normalized spacial score (nSPS) is 12.2. The molecule has 2 nitrogen and oxygen atoms in total. The molecule has 3 heteroatoms. The topological polar surface area (TPSA) is 29.1 Å². The van der Waals surface area contributed by atoms with Crippen molar-refractivity contribution in [3.05, 3.63) is 70.2 Å². The zero-order valence-electron chi connectivity index (χ0n) is 14.0. The molecule has 0 aliphatic carbocycles. The number of hydrogen-bond donors (Lipinski definition) is 1. The van der Waals surface area contributed by atoms with E-state index in [1.807, 2.05) is 31.2 Å². The monoisotopic (exact) mass is 329 g/mol. The maximum atomic E-state index is 12.3. The van der Waals surface area contributed by atoms with E-state index in [-0.39, 0.29) is 11.8 Å². The van der Waals surface area contributed by atoms with Crippen LogP contribution < -0.4 is 5.32 Å². The molecule has 0 aliphatic heterocycles. The summed E-state index contributed by atoms with van der Waals surface area (Å²) in [6.07, 6.45) is 1.07. The van der Waals surface area contributed by atoms with Crippen LogP contribution >= 0.6 is 11.6 Å². The predicted octanol–water partition coefficient (Wildman–Crippen LogP) is 4.96. The van der Waals surface area contributed by atoms with Gasteiger partial charge in [-0.25, -0.2) is 0 Å². The Morgan fingerprint density at radius 3 is 2.09 bits per heavy atom. The van der Waals surface area contributed by atoms with Crippen molar-refractivity contribution in [1.82, 2.24) is 5.32 Å². The summed E-state index contributed by atoms with van der Waals surface area (Å²) in [6, 6.07) is 15.9. The Bertz CT molecular complexity index is 632. The molecule has 2 aromatic carbocycles. The van der Waals surface area contributed by atoms with Crippen molar-refractivity contribution in [2.24, 2.45) is 5.92 Å². The molecule has 1 N–H and O–H groups in total. The molecule has 0 saturated carbocycles. The van der Waals surface area contributed by atoms with Crippen LogP contribution in [-0.4, -0.2) is 5.91 Å². The van der Waals surface area contributed by atoms with E-state index in [0.717, 1.165) is 17.5 Å². The van der Waals surface area contributed by atoms with Crippen LogP contribution in [0.3, 0.4) is 0 Å². The van der Waals surface area contributed by atoms with Crippen LogP contribution in [0.4, 0.5) is 0 Å². The number of halogens is 1. The van der Waals surface area contributed by atoms with Gasteiger partial charge in [0.2, 0.25) is 5.91 Å². The zero-order valence-corrected chi connectivity index (χ0v) is 14.7. The van der Waals surface area contributed by atoms with Gasteiger partial charge in [0.25, 0.3) is 0 Å². The molecule has 1 atom stereocenters. The molecule has 0 heterocycles. The van der Waals surface area contributed by atoms with E-state index in [0.29, 0.717) is 17.5 Å². The molecule has 0 bridgehead atoms. The zero-order chi connectivity index (χ0) is 16.8. The second-order valence-electron chi connectivity index (χ2n) is 6.41. The molecule has 2 rings (SSSR count). The molecular weight excluding hydrogens is 306 g/mol. The van der Waals surface area contributed by atoms with Gasteiger partial charge >= 0.3 is 0 Å². The average Bonchev–Trinajstić information content (AvgIpc) is 2.53.